The molecule has 0 saturated heterocycles. The van der Waals surface area contributed by atoms with Crippen LogP contribution in [0, 0.1) is 0 Å². The van der Waals surface area contributed by atoms with Crippen LogP contribution < -0.4 is 0 Å². The molecule has 0 bridgehead atoms. The molecule has 0 heterocycles. The van der Waals surface area contributed by atoms with Crippen LogP contribution in [0.15, 0.2) is 24.3 Å². The van der Waals surface area contributed by atoms with Crippen molar-refractivity contribution in [3.05, 3.63) is 35.4 Å². The molecule has 1 atom stereocenters. The van der Waals surface area contributed by atoms with Crippen molar-refractivity contribution >= 4 is 14.0 Å². The normalized spacial score (nSPS) is 12.1. The van der Waals surface area contributed by atoms with Gasteiger partial charge in [0.15, 0.2) is 8.03 Å². The van der Waals surface area contributed by atoms with Crippen LogP contribution in [0.5, 0.6) is 0 Å². The highest BCUT2D eigenvalue weighted by atomic mass is 31.1. The summed E-state index contributed by atoms with van der Waals surface area (Å²) in [5, 5.41) is 0. The van der Waals surface area contributed by atoms with Crippen molar-refractivity contribution in [1.29, 1.82) is 0 Å². The van der Waals surface area contributed by atoms with E-state index in [-0.39, 0.29) is 5.97 Å². The van der Waals surface area contributed by atoms with Gasteiger partial charge in [0.2, 0.25) is 0 Å². The molecule has 0 spiro atoms. The maximum Gasteiger partial charge on any atom is 0.338 e. The molecule has 4 nitrogen and oxygen atoms in total. The van der Waals surface area contributed by atoms with Gasteiger partial charge in [-0.1, -0.05) is 76.8 Å². The van der Waals surface area contributed by atoms with Crippen molar-refractivity contribution in [2.24, 2.45) is 0 Å². The predicted molar refractivity (Wildman–Crippen MR) is 122 cm³/mol. The minimum Gasteiger partial charge on any atom is -0.462 e. The molecule has 29 heavy (non-hydrogen) atoms. The summed E-state index contributed by atoms with van der Waals surface area (Å²) in [5.74, 6) is -0.230. The van der Waals surface area contributed by atoms with E-state index >= 15 is 0 Å². The molecule has 0 N–H and O–H groups in total. The molecule has 0 aromatic heterocycles. The number of ether oxygens (including phenoxy) is 1. The fourth-order valence-electron chi connectivity index (χ4n) is 3.35. The van der Waals surface area contributed by atoms with Crippen LogP contribution in [0.3, 0.4) is 0 Å². The summed E-state index contributed by atoms with van der Waals surface area (Å²) in [7, 11) is -0.338. The van der Waals surface area contributed by atoms with Gasteiger partial charge in [0.05, 0.1) is 12.2 Å². The molecule has 0 saturated carbocycles. The van der Waals surface area contributed by atoms with E-state index < -0.39 is 8.03 Å². The zero-order valence-electron chi connectivity index (χ0n) is 18.5. The number of esters is 1. The van der Waals surface area contributed by atoms with Gasteiger partial charge in [0, 0.05) is 13.3 Å². The first-order valence-corrected chi connectivity index (χ1v) is 13.0. The van der Waals surface area contributed by atoms with Crippen LogP contribution in [0.2, 0.25) is 0 Å². The topological polar surface area (TPSA) is 52.6 Å². The van der Waals surface area contributed by atoms with Gasteiger partial charge >= 0.3 is 5.97 Å². The van der Waals surface area contributed by atoms with Crippen molar-refractivity contribution in [1.82, 2.24) is 0 Å². The minimum atomic E-state index is -1.83. The summed E-state index contributed by atoms with van der Waals surface area (Å²) < 4.78 is 21.5. The first kappa shape index (κ1) is 25.9. The van der Waals surface area contributed by atoms with Gasteiger partial charge < -0.3 is 9.26 Å². The van der Waals surface area contributed by atoms with Crippen molar-refractivity contribution in [2.75, 3.05) is 19.9 Å². The lowest BCUT2D eigenvalue weighted by Crippen LogP contribution is -2.06. The van der Waals surface area contributed by atoms with E-state index in [0.717, 1.165) is 32.1 Å². The number of aryl methyl sites for hydroxylation is 1. The van der Waals surface area contributed by atoms with Crippen LogP contribution in [-0.4, -0.2) is 25.8 Å². The van der Waals surface area contributed by atoms with Crippen LogP contribution in [0.25, 0.3) is 0 Å². The molecule has 0 aliphatic carbocycles. The highest BCUT2D eigenvalue weighted by molar-refractivity contribution is 7.39. The molecule has 0 aliphatic rings. The predicted octanol–water partition coefficient (Wildman–Crippen LogP) is 7.21. The summed E-state index contributed by atoms with van der Waals surface area (Å²) in [6.45, 7) is 2.76. The lowest BCUT2D eigenvalue weighted by Gasteiger charge is -2.06. The number of rotatable bonds is 18. The van der Waals surface area contributed by atoms with Crippen LogP contribution >= 0.6 is 8.03 Å². The fourth-order valence-corrected chi connectivity index (χ4v) is 4.09. The fraction of sp³-hybridized carbons (Fsp3) is 0.708. The number of hydrogen-bond acceptors (Lipinski definition) is 4. The first-order chi connectivity index (χ1) is 14.2. The molecule has 0 fully saturated rings. The molecule has 1 aromatic rings. The largest absolute Gasteiger partial charge is 0.462 e. The second-order valence-electron chi connectivity index (χ2n) is 7.80. The molecule has 166 valence electrons. The molecule has 0 radical (unpaired) electrons. The van der Waals surface area contributed by atoms with Gasteiger partial charge in [-0.2, -0.15) is 0 Å². The Morgan fingerprint density at radius 2 is 1.41 bits per heavy atom. The van der Waals surface area contributed by atoms with E-state index in [1.807, 2.05) is 24.3 Å². The highest BCUT2D eigenvalue weighted by Crippen LogP contribution is 2.22. The summed E-state index contributed by atoms with van der Waals surface area (Å²) in [6, 6.07) is 7.65. The van der Waals surface area contributed by atoms with Gasteiger partial charge in [-0.25, -0.2) is 4.79 Å². The average Bonchev–Trinajstić information content (AvgIpc) is 2.75. The number of unbranched alkanes of at least 4 members (excludes halogenated alkanes) is 10. The van der Waals surface area contributed by atoms with E-state index in [1.165, 1.54) is 64.0 Å². The van der Waals surface area contributed by atoms with Crippen molar-refractivity contribution < 1.29 is 18.6 Å². The first-order valence-electron chi connectivity index (χ1n) is 11.5. The molecule has 1 unspecified atom stereocenters. The Bertz CT molecular complexity index is 557. The van der Waals surface area contributed by atoms with Crippen LogP contribution in [0.1, 0.15) is 99.9 Å². The Balaban J connectivity index is 2.06. The minimum absolute atomic E-state index is 0.230. The summed E-state index contributed by atoms with van der Waals surface area (Å²) in [4.78, 5) is 12.1. The maximum atomic E-state index is 12.1. The number of benzene rings is 1. The van der Waals surface area contributed by atoms with E-state index in [9.17, 15) is 9.36 Å². The lowest BCUT2D eigenvalue weighted by molar-refractivity contribution is 0.0497. The SMILES string of the molecule is CCCCCCCCCCCCOC(=O)c1ccc(CCCC[PH](=O)OC)cc1. The Morgan fingerprint density at radius 1 is 0.828 bits per heavy atom. The Kier molecular flexibility index (Phi) is 15.8. The Morgan fingerprint density at radius 3 is 2.00 bits per heavy atom. The molecule has 1 rings (SSSR count). The summed E-state index contributed by atoms with van der Waals surface area (Å²) in [6.07, 6.45) is 16.2. The smallest absolute Gasteiger partial charge is 0.338 e. The van der Waals surface area contributed by atoms with Gasteiger partial charge in [-0.15, -0.1) is 0 Å². The lowest BCUT2D eigenvalue weighted by atomic mass is 10.1. The van der Waals surface area contributed by atoms with Crippen molar-refractivity contribution in [2.45, 2.75) is 90.4 Å². The third-order valence-electron chi connectivity index (χ3n) is 5.24. The van der Waals surface area contributed by atoms with Crippen molar-refractivity contribution in [3.8, 4) is 0 Å². The Hall–Kier alpha value is -1.12. The molecular formula is C24H41O4P. The van der Waals surface area contributed by atoms with E-state index in [2.05, 4.69) is 6.92 Å². The van der Waals surface area contributed by atoms with Gasteiger partial charge in [-0.05, 0) is 43.4 Å². The van der Waals surface area contributed by atoms with Crippen LogP contribution in [0.4, 0.5) is 0 Å². The molecular weight excluding hydrogens is 383 g/mol. The number of carbonyl (C=O) groups is 1. The molecule has 1 aromatic carbocycles. The van der Waals surface area contributed by atoms with Gasteiger partial charge in [0.1, 0.15) is 0 Å². The van der Waals surface area contributed by atoms with Gasteiger partial charge in [0.25, 0.3) is 0 Å². The highest BCUT2D eigenvalue weighted by Gasteiger charge is 2.07. The second-order valence-corrected chi connectivity index (χ2v) is 9.45. The van der Waals surface area contributed by atoms with E-state index in [4.69, 9.17) is 9.26 Å². The monoisotopic (exact) mass is 424 g/mol. The third-order valence-corrected chi connectivity index (χ3v) is 6.46. The second kappa shape index (κ2) is 17.7. The van der Waals surface area contributed by atoms with E-state index in [0.29, 0.717) is 18.3 Å². The Labute approximate surface area is 178 Å². The van der Waals surface area contributed by atoms with Crippen molar-refractivity contribution in [3.63, 3.8) is 0 Å². The van der Waals surface area contributed by atoms with Gasteiger partial charge in [-0.3, -0.25) is 4.57 Å². The molecule has 5 heteroatoms. The zero-order valence-corrected chi connectivity index (χ0v) is 19.5. The van der Waals surface area contributed by atoms with Crippen LogP contribution in [-0.2, 0) is 20.2 Å². The maximum absolute atomic E-state index is 12.1. The molecule has 0 aliphatic heterocycles. The summed E-state index contributed by atoms with van der Waals surface area (Å²) in [5.41, 5.74) is 1.80. The summed E-state index contributed by atoms with van der Waals surface area (Å²) >= 11 is 0. The zero-order chi connectivity index (χ0) is 21.2. The number of hydrogen-bond donors (Lipinski definition) is 0. The standard InChI is InChI=1S/C24H41O4P/c1-3-4-5-6-7-8-9-10-11-13-20-28-24(25)23-18-16-22(17-19-23)15-12-14-21-29(26)27-2/h16-19,29H,3-15,20-21H2,1-2H3. The van der Waals surface area contributed by atoms with E-state index in [1.54, 1.807) is 0 Å². The quantitative estimate of drug-likeness (QED) is 0.142. The average molecular weight is 425 g/mol. The third kappa shape index (κ3) is 13.7. The number of carbonyl (C=O) groups excluding carboxylic acids is 1. The molecule has 0 amide bonds.